The molecular formula is C16H13ClF2O2. The third-order valence-corrected chi connectivity index (χ3v) is 3.25. The van der Waals surface area contributed by atoms with Gasteiger partial charge in [-0.3, -0.25) is 4.79 Å². The number of hydrogen-bond acceptors (Lipinski definition) is 2. The molecule has 0 aliphatic rings. The lowest BCUT2D eigenvalue weighted by atomic mass is 10.1. The number of hydrogen-bond donors (Lipinski definition) is 0. The summed E-state index contributed by atoms with van der Waals surface area (Å²) in [6.07, 6.45) is -0.824. The van der Waals surface area contributed by atoms with Gasteiger partial charge < -0.3 is 4.74 Å². The van der Waals surface area contributed by atoms with Gasteiger partial charge in [0.1, 0.15) is 5.75 Å². The largest absolute Gasteiger partial charge is 0.482 e. The van der Waals surface area contributed by atoms with Gasteiger partial charge in [-0.25, -0.2) is 8.78 Å². The van der Waals surface area contributed by atoms with Crippen LogP contribution in [0.15, 0.2) is 36.4 Å². The lowest BCUT2D eigenvalue weighted by molar-refractivity contribution is 0.0816. The average Bonchev–Trinajstić information content (AvgIpc) is 2.44. The maximum atomic E-state index is 13.2. The van der Waals surface area contributed by atoms with Crippen LogP contribution in [0.4, 0.5) is 8.78 Å². The number of halogens is 3. The van der Waals surface area contributed by atoms with Gasteiger partial charge in [-0.2, -0.15) is 0 Å². The SMILES string of the molecule is Cc1cc(Cl)ccc1OC(C)C(=O)c1ccc(F)c(F)c1. The van der Waals surface area contributed by atoms with E-state index in [0.29, 0.717) is 10.8 Å². The highest BCUT2D eigenvalue weighted by Crippen LogP contribution is 2.23. The van der Waals surface area contributed by atoms with E-state index in [9.17, 15) is 13.6 Å². The molecule has 0 fully saturated rings. The average molecular weight is 311 g/mol. The fourth-order valence-corrected chi connectivity index (χ4v) is 2.10. The molecule has 0 aliphatic heterocycles. The molecule has 110 valence electrons. The number of ether oxygens (including phenoxy) is 1. The lowest BCUT2D eigenvalue weighted by Crippen LogP contribution is -2.24. The molecule has 0 heterocycles. The van der Waals surface area contributed by atoms with Crippen LogP contribution in [0.3, 0.4) is 0 Å². The highest BCUT2D eigenvalue weighted by atomic mass is 35.5. The summed E-state index contributed by atoms with van der Waals surface area (Å²) in [5, 5.41) is 0.569. The van der Waals surface area contributed by atoms with Crippen molar-refractivity contribution in [3.63, 3.8) is 0 Å². The highest BCUT2D eigenvalue weighted by Gasteiger charge is 2.19. The van der Waals surface area contributed by atoms with Crippen molar-refractivity contribution in [2.75, 3.05) is 0 Å². The predicted octanol–water partition coefficient (Wildman–Crippen LogP) is 4.58. The second-order valence-corrected chi connectivity index (χ2v) is 5.10. The Morgan fingerprint density at radius 2 is 1.86 bits per heavy atom. The van der Waals surface area contributed by atoms with Gasteiger partial charge in [-0.1, -0.05) is 11.6 Å². The van der Waals surface area contributed by atoms with E-state index < -0.39 is 23.5 Å². The van der Waals surface area contributed by atoms with Crippen LogP contribution >= 0.6 is 11.6 Å². The highest BCUT2D eigenvalue weighted by molar-refractivity contribution is 6.30. The Bertz CT molecular complexity index is 686. The number of Topliss-reactive ketones (excluding diaryl/α,β-unsaturated/α-hetero) is 1. The normalized spacial score (nSPS) is 12.0. The molecule has 21 heavy (non-hydrogen) atoms. The minimum Gasteiger partial charge on any atom is -0.482 e. The number of carbonyl (C=O) groups excluding carboxylic acids is 1. The van der Waals surface area contributed by atoms with Crippen molar-refractivity contribution in [3.8, 4) is 5.75 Å². The van der Waals surface area contributed by atoms with Gasteiger partial charge in [0.15, 0.2) is 17.7 Å². The number of carbonyl (C=O) groups is 1. The van der Waals surface area contributed by atoms with Crippen molar-refractivity contribution < 1.29 is 18.3 Å². The molecule has 0 amide bonds. The molecule has 1 unspecified atom stereocenters. The Morgan fingerprint density at radius 1 is 1.14 bits per heavy atom. The van der Waals surface area contributed by atoms with Gasteiger partial charge >= 0.3 is 0 Å². The van der Waals surface area contributed by atoms with Crippen LogP contribution in [0.25, 0.3) is 0 Å². The van der Waals surface area contributed by atoms with Crippen molar-refractivity contribution in [1.29, 1.82) is 0 Å². The molecule has 1 atom stereocenters. The Hall–Kier alpha value is -1.94. The lowest BCUT2D eigenvalue weighted by Gasteiger charge is -2.15. The zero-order valence-corrected chi connectivity index (χ0v) is 12.2. The molecule has 0 aliphatic carbocycles. The fraction of sp³-hybridized carbons (Fsp3) is 0.188. The molecular weight excluding hydrogens is 298 g/mol. The van der Waals surface area contributed by atoms with Gasteiger partial charge in [0.2, 0.25) is 5.78 Å². The van der Waals surface area contributed by atoms with Crippen molar-refractivity contribution in [2.45, 2.75) is 20.0 Å². The quantitative estimate of drug-likeness (QED) is 0.773. The summed E-state index contributed by atoms with van der Waals surface area (Å²) >= 11 is 5.84. The third kappa shape index (κ3) is 3.58. The summed E-state index contributed by atoms with van der Waals surface area (Å²) in [6.45, 7) is 3.35. The summed E-state index contributed by atoms with van der Waals surface area (Å²) < 4.78 is 31.6. The predicted molar refractivity (Wildman–Crippen MR) is 77.0 cm³/mol. The first-order valence-electron chi connectivity index (χ1n) is 6.30. The standard InChI is InChI=1S/C16H13ClF2O2/c1-9-7-12(17)4-6-15(9)21-10(2)16(20)11-3-5-13(18)14(19)8-11/h3-8,10H,1-2H3. The van der Waals surface area contributed by atoms with Crippen LogP contribution in [0.2, 0.25) is 5.02 Å². The zero-order chi connectivity index (χ0) is 15.6. The first-order chi connectivity index (χ1) is 9.88. The maximum absolute atomic E-state index is 13.2. The van der Waals surface area contributed by atoms with E-state index in [1.54, 1.807) is 32.0 Å². The van der Waals surface area contributed by atoms with Crippen molar-refractivity contribution in [2.24, 2.45) is 0 Å². The van der Waals surface area contributed by atoms with E-state index in [0.717, 1.165) is 17.7 Å². The molecule has 0 bridgehead atoms. The molecule has 0 saturated carbocycles. The van der Waals surface area contributed by atoms with Crippen LogP contribution in [-0.2, 0) is 0 Å². The minimum absolute atomic E-state index is 0.0630. The molecule has 2 aromatic carbocycles. The first kappa shape index (κ1) is 15.4. The van der Waals surface area contributed by atoms with Crippen LogP contribution in [-0.4, -0.2) is 11.9 Å². The smallest absolute Gasteiger partial charge is 0.203 e. The van der Waals surface area contributed by atoms with Crippen LogP contribution in [0, 0.1) is 18.6 Å². The van der Waals surface area contributed by atoms with Crippen molar-refractivity contribution in [1.82, 2.24) is 0 Å². The van der Waals surface area contributed by atoms with Crippen LogP contribution in [0.5, 0.6) is 5.75 Å². The summed E-state index contributed by atoms with van der Waals surface area (Å²) in [4.78, 5) is 12.2. The Balaban J connectivity index is 2.17. The van der Waals surface area contributed by atoms with Gasteiger partial charge in [-0.05, 0) is 55.8 Å². The van der Waals surface area contributed by atoms with Crippen molar-refractivity contribution in [3.05, 3.63) is 64.2 Å². The van der Waals surface area contributed by atoms with E-state index in [4.69, 9.17) is 16.3 Å². The summed E-state index contributed by atoms with van der Waals surface area (Å²) in [5.41, 5.74) is 0.848. The molecule has 2 aromatic rings. The zero-order valence-electron chi connectivity index (χ0n) is 11.5. The van der Waals surface area contributed by atoms with Gasteiger partial charge in [0, 0.05) is 10.6 Å². The Kier molecular flexibility index (Phi) is 4.58. The summed E-state index contributed by atoms with van der Waals surface area (Å²) in [7, 11) is 0. The molecule has 2 rings (SSSR count). The van der Waals surface area contributed by atoms with E-state index in [2.05, 4.69) is 0 Å². The van der Waals surface area contributed by atoms with Gasteiger partial charge in [0.25, 0.3) is 0 Å². The Morgan fingerprint density at radius 3 is 2.48 bits per heavy atom. The molecule has 0 aromatic heterocycles. The Labute approximate surface area is 126 Å². The maximum Gasteiger partial charge on any atom is 0.203 e. The molecule has 0 spiro atoms. The van der Waals surface area contributed by atoms with Gasteiger partial charge in [-0.15, -0.1) is 0 Å². The van der Waals surface area contributed by atoms with E-state index in [-0.39, 0.29) is 5.56 Å². The monoisotopic (exact) mass is 310 g/mol. The number of rotatable bonds is 4. The summed E-state index contributed by atoms with van der Waals surface area (Å²) in [5.74, 6) is -1.96. The number of aryl methyl sites for hydroxylation is 1. The molecule has 0 radical (unpaired) electrons. The van der Waals surface area contributed by atoms with Crippen LogP contribution in [0.1, 0.15) is 22.8 Å². The second-order valence-electron chi connectivity index (χ2n) is 4.66. The first-order valence-corrected chi connectivity index (χ1v) is 6.68. The molecule has 2 nitrogen and oxygen atoms in total. The number of benzene rings is 2. The minimum atomic E-state index is -1.06. The second kappa shape index (κ2) is 6.22. The fourth-order valence-electron chi connectivity index (χ4n) is 1.87. The molecule has 0 N–H and O–H groups in total. The molecule has 0 saturated heterocycles. The summed E-state index contributed by atoms with van der Waals surface area (Å²) in [6, 6.07) is 8.04. The topological polar surface area (TPSA) is 26.3 Å². The molecule has 5 heteroatoms. The van der Waals surface area contributed by atoms with E-state index in [1.165, 1.54) is 6.07 Å². The van der Waals surface area contributed by atoms with Gasteiger partial charge in [0.05, 0.1) is 0 Å². The number of ketones is 1. The third-order valence-electron chi connectivity index (χ3n) is 3.01. The van der Waals surface area contributed by atoms with E-state index >= 15 is 0 Å². The van der Waals surface area contributed by atoms with Crippen molar-refractivity contribution >= 4 is 17.4 Å². The van der Waals surface area contributed by atoms with Crippen LogP contribution < -0.4 is 4.74 Å². The van der Waals surface area contributed by atoms with E-state index in [1.807, 2.05) is 0 Å².